The van der Waals surface area contributed by atoms with Crippen LogP contribution in [-0.2, 0) is 16.6 Å². The van der Waals surface area contributed by atoms with Gasteiger partial charge in [0.2, 0.25) is 10.0 Å². The van der Waals surface area contributed by atoms with Crippen molar-refractivity contribution in [3.8, 4) is 5.75 Å². The van der Waals surface area contributed by atoms with Gasteiger partial charge in [0.15, 0.2) is 0 Å². The Labute approximate surface area is 164 Å². The van der Waals surface area contributed by atoms with Crippen molar-refractivity contribution in [2.45, 2.75) is 24.4 Å². The summed E-state index contributed by atoms with van der Waals surface area (Å²) in [4.78, 5) is -0.300. The summed E-state index contributed by atoms with van der Waals surface area (Å²) in [6.07, 6.45) is 1.93. The monoisotopic (exact) mass is 400 g/mol. The van der Waals surface area contributed by atoms with Gasteiger partial charge in [-0.15, -0.1) is 0 Å². The van der Waals surface area contributed by atoms with Gasteiger partial charge in [-0.05, 0) is 48.9 Å². The first-order chi connectivity index (χ1) is 13.5. The number of aromatic nitrogens is 1. The summed E-state index contributed by atoms with van der Waals surface area (Å²) in [5.74, 6) is -0.0187. The average molecular weight is 400 g/mol. The second kappa shape index (κ2) is 7.41. The molecule has 1 aromatic heterocycles. The van der Waals surface area contributed by atoms with Crippen LogP contribution < -0.4 is 4.74 Å². The molecule has 0 fully saturated rings. The summed E-state index contributed by atoms with van der Waals surface area (Å²) in [6.45, 7) is 3.24. The van der Waals surface area contributed by atoms with E-state index in [0.29, 0.717) is 13.2 Å². The number of hydrogen-bond donors (Lipinski definition) is 0. The Hall–Kier alpha value is -2.64. The lowest BCUT2D eigenvalue weighted by molar-refractivity contribution is 0.296. The Balaban J connectivity index is 1.81. The summed E-state index contributed by atoms with van der Waals surface area (Å²) < 4.78 is 49.9. The third-order valence-electron chi connectivity index (χ3n) is 4.92. The van der Waals surface area contributed by atoms with Gasteiger partial charge in [-0.3, -0.25) is 0 Å². The van der Waals surface area contributed by atoms with E-state index >= 15 is 0 Å². The Morgan fingerprint density at radius 1 is 1.04 bits per heavy atom. The Bertz CT molecular complexity index is 1080. The molecule has 0 bridgehead atoms. The van der Waals surface area contributed by atoms with Gasteiger partial charge < -0.3 is 9.30 Å². The molecule has 5 nitrogen and oxygen atoms in total. The predicted octanol–water partition coefficient (Wildman–Crippen LogP) is 3.82. The highest BCUT2D eigenvalue weighted by atomic mass is 32.2. The molecule has 1 unspecified atom stereocenters. The summed E-state index contributed by atoms with van der Waals surface area (Å²) in [5, 5.41) is 0. The van der Waals surface area contributed by atoms with E-state index in [-0.39, 0.29) is 11.4 Å². The molecule has 0 saturated carbocycles. The van der Waals surface area contributed by atoms with E-state index < -0.39 is 21.9 Å². The molecule has 1 aliphatic rings. The smallest absolute Gasteiger partial charge is 0.246 e. The molecule has 0 aliphatic carbocycles. The Morgan fingerprint density at radius 2 is 1.79 bits per heavy atom. The van der Waals surface area contributed by atoms with E-state index in [4.69, 9.17) is 4.74 Å². The summed E-state index contributed by atoms with van der Waals surface area (Å²) in [5.41, 5.74) is 1.67. The maximum atomic E-state index is 14.3. The molecule has 7 heteroatoms. The maximum absolute atomic E-state index is 14.3. The van der Waals surface area contributed by atoms with Crippen LogP contribution in [0.15, 0.2) is 71.8 Å². The molecule has 28 heavy (non-hydrogen) atoms. The molecule has 1 aliphatic heterocycles. The van der Waals surface area contributed by atoms with E-state index in [1.807, 2.05) is 54.1 Å². The van der Waals surface area contributed by atoms with Crippen LogP contribution in [0.4, 0.5) is 4.39 Å². The minimum absolute atomic E-state index is 0.260. The minimum atomic E-state index is -4.02. The van der Waals surface area contributed by atoms with Gasteiger partial charge in [-0.25, -0.2) is 12.8 Å². The summed E-state index contributed by atoms with van der Waals surface area (Å²) in [6, 6.07) is 16.2. The first kappa shape index (κ1) is 18.7. The van der Waals surface area contributed by atoms with Gasteiger partial charge in [0, 0.05) is 25.0 Å². The third kappa shape index (κ3) is 3.21. The zero-order valence-corrected chi connectivity index (χ0v) is 16.3. The largest absolute Gasteiger partial charge is 0.494 e. The van der Waals surface area contributed by atoms with E-state index in [9.17, 15) is 12.8 Å². The topological polar surface area (TPSA) is 51.5 Å². The van der Waals surface area contributed by atoms with Crippen LogP contribution in [-0.4, -0.2) is 30.4 Å². The van der Waals surface area contributed by atoms with Crippen LogP contribution >= 0.6 is 0 Å². The average Bonchev–Trinajstić information content (AvgIpc) is 3.17. The third-order valence-corrected chi connectivity index (χ3v) is 6.82. The molecule has 2 heterocycles. The highest BCUT2D eigenvalue weighted by Crippen LogP contribution is 2.37. The molecule has 4 rings (SSSR count). The number of nitrogens with zero attached hydrogens (tertiary/aromatic N) is 2. The quantitative estimate of drug-likeness (QED) is 0.654. The van der Waals surface area contributed by atoms with Crippen molar-refractivity contribution in [1.82, 2.24) is 8.87 Å². The predicted molar refractivity (Wildman–Crippen MR) is 104 cm³/mol. The van der Waals surface area contributed by atoms with Crippen LogP contribution in [0, 0.1) is 5.82 Å². The van der Waals surface area contributed by atoms with Crippen LogP contribution in [0.3, 0.4) is 0 Å². The van der Waals surface area contributed by atoms with E-state index in [2.05, 4.69) is 0 Å². The number of ether oxygens (including phenoxy) is 1. The van der Waals surface area contributed by atoms with Gasteiger partial charge >= 0.3 is 0 Å². The first-order valence-corrected chi connectivity index (χ1v) is 10.6. The Kier molecular flexibility index (Phi) is 4.95. The number of hydrogen-bond acceptors (Lipinski definition) is 3. The second-order valence-corrected chi connectivity index (χ2v) is 8.44. The van der Waals surface area contributed by atoms with Crippen molar-refractivity contribution < 1.29 is 17.5 Å². The highest BCUT2D eigenvalue weighted by Gasteiger charge is 2.38. The molecule has 0 radical (unpaired) electrons. The van der Waals surface area contributed by atoms with Gasteiger partial charge in [-0.1, -0.05) is 24.3 Å². The Morgan fingerprint density at radius 3 is 2.50 bits per heavy atom. The van der Waals surface area contributed by atoms with Gasteiger partial charge in [0.05, 0.1) is 12.6 Å². The standard InChI is InChI=1S/C21H21FN2O3S/c1-2-27-17-11-9-16(10-12-17)21-19-7-5-13-23(19)14-15-24(21)28(25,26)20-8-4-3-6-18(20)22/h3-13,21H,2,14-15H2,1H3. The van der Waals surface area contributed by atoms with Crippen molar-refractivity contribution in [3.63, 3.8) is 0 Å². The lowest BCUT2D eigenvalue weighted by Crippen LogP contribution is -2.42. The van der Waals surface area contributed by atoms with Crippen molar-refractivity contribution in [1.29, 1.82) is 0 Å². The molecule has 3 aromatic rings. The maximum Gasteiger partial charge on any atom is 0.246 e. The fourth-order valence-electron chi connectivity index (χ4n) is 3.65. The molecular weight excluding hydrogens is 379 g/mol. The van der Waals surface area contributed by atoms with Crippen molar-refractivity contribution in [3.05, 3.63) is 83.9 Å². The molecule has 0 saturated heterocycles. The van der Waals surface area contributed by atoms with Crippen LogP contribution in [0.5, 0.6) is 5.75 Å². The van der Waals surface area contributed by atoms with Gasteiger partial charge in [0.1, 0.15) is 16.5 Å². The molecule has 146 valence electrons. The van der Waals surface area contributed by atoms with Gasteiger partial charge in [-0.2, -0.15) is 4.31 Å². The van der Waals surface area contributed by atoms with Crippen LogP contribution in [0.1, 0.15) is 24.2 Å². The number of benzene rings is 2. The fraction of sp³-hybridized carbons (Fsp3) is 0.238. The molecule has 0 amide bonds. The zero-order valence-electron chi connectivity index (χ0n) is 15.5. The molecule has 2 aromatic carbocycles. The lowest BCUT2D eigenvalue weighted by atomic mass is 10.0. The van der Waals surface area contributed by atoms with E-state index in [1.165, 1.54) is 28.6 Å². The van der Waals surface area contributed by atoms with E-state index in [1.54, 1.807) is 0 Å². The van der Waals surface area contributed by atoms with Crippen LogP contribution in [0.2, 0.25) is 0 Å². The minimum Gasteiger partial charge on any atom is -0.494 e. The zero-order chi connectivity index (χ0) is 19.7. The number of halogens is 1. The van der Waals surface area contributed by atoms with Crippen molar-refractivity contribution in [2.24, 2.45) is 0 Å². The van der Waals surface area contributed by atoms with Crippen LogP contribution in [0.25, 0.3) is 0 Å². The molecular formula is C21H21FN2O3S. The highest BCUT2D eigenvalue weighted by molar-refractivity contribution is 7.89. The number of fused-ring (bicyclic) bond motifs is 1. The SMILES string of the molecule is CCOc1ccc(C2c3cccn3CCN2S(=O)(=O)c2ccccc2F)cc1. The first-order valence-electron chi connectivity index (χ1n) is 9.16. The lowest BCUT2D eigenvalue weighted by Gasteiger charge is -2.36. The summed E-state index contributed by atoms with van der Waals surface area (Å²) in [7, 11) is -4.02. The molecule has 0 N–H and O–H groups in total. The molecule has 0 spiro atoms. The van der Waals surface area contributed by atoms with Crippen molar-refractivity contribution >= 4 is 10.0 Å². The number of rotatable bonds is 5. The second-order valence-electron chi connectivity index (χ2n) is 6.58. The normalized spacial score (nSPS) is 17.3. The van der Waals surface area contributed by atoms with Gasteiger partial charge in [0.25, 0.3) is 0 Å². The number of sulfonamides is 1. The molecule has 1 atom stereocenters. The van der Waals surface area contributed by atoms with Crippen molar-refractivity contribution in [2.75, 3.05) is 13.2 Å². The van der Waals surface area contributed by atoms with E-state index in [0.717, 1.165) is 17.0 Å². The summed E-state index contributed by atoms with van der Waals surface area (Å²) >= 11 is 0. The fourth-order valence-corrected chi connectivity index (χ4v) is 5.30.